The Labute approximate surface area is 137 Å². The maximum absolute atomic E-state index is 12.6. The van der Waals surface area contributed by atoms with Crippen LogP contribution in [0.2, 0.25) is 0 Å². The van der Waals surface area contributed by atoms with Gasteiger partial charge in [0.05, 0.1) is 0 Å². The number of benzene rings is 1. The van der Waals surface area contributed by atoms with Crippen molar-refractivity contribution in [3.05, 3.63) is 52.7 Å². The van der Waals surface area contributed by atoms with E-state index in [1.54, 1.807) is 37.3 Å². The molecule has 1 aromatic heterocycles. The number of nitrogens with zero attached hydrogens (tertiary/aromatic N) is 1. The Morgan fingerprint density at radius 2 is 2.00 bits per heavy atom. The van der Waals surface area contributed by atoms with E-state index in [1.807, 2.05) is 16.8 Å². The van der Waals surface area contributed by atoms with Crippen molar-refractivity contribution in [1.29, 1.82) is 0 Å². The zero-order chi connectivity index (χ0) is 16.4. The van der Waals surface area contributed by atoms with Gasteiger partial charge in [0.25, 0.3) is 5.91 Å². The molecule has 1 atom stereocenters. The highest BCUT2D eigenvalue weighted by Crippen LogP contribution is 2.30. The van der Waals surface area contributed by atoms with Crippen LogP contribution in [0.25, 0.3) is 0 Å². The molecule has 1 saturated heterocycles. The molecule has 0 bridgehead atoms. The zero-order valence-electron chi connectivity index (χ0n) is 12.4. The normalized spacial score (nSPS) is 20.5. The van der Waals surface area contributed by atoms with Crippen molar-refractivity contribution in [2.75, 3.05) is 11.9 Å². The number of carbonyl (C=O) groups excluding carboxylic acids is 3. The predicted molar refractivity (Wildman–Crippen MR) is 87.0 cm³/mol. The Kier molecular flexibility index (Phi) is 3.87. The molecule has 2 aromatic rings. The number of amides is 4. The number of para-hydroxylation sites is 1. The second-order valence-corrected chi connectivity index (χ2v) is 6.15. The van der Waals surface area contributed by atoms with Gasteiger partial charge in [-0.05, 0) is 41.4 Å². The first kappa shape index (κ1) is 15.2. The lowest BCUT2D eigenvalue weighted by molar-refractivity contribution is -0.133. The van der Waals surface area contributed by atoms with Gasteiger partial charge in [-0.2, -0.15) is 11.3 Å². The maximum atomic E-state index is 12.6. The van der Waals surface area contributed by atoms with Gasteiger partial charge in [0.1, 0.15) is 12.1 Å². The summed E-state index contributed by atoms with van der Waals surface area (Å²) >= 11 is 1.44. The number of urea groups is 1. The fourth-order valence-electron chi connectivity index (χ4n) is 2.45. The van der Waals surface area contributed by atoms with Crippen LogP contribution in [-0.4, -0.2) is 29.3 Å². The molecule has 0 radical (unpaired) electrons. The second-order valence-electron chi connectivity index (χ2n) is 5.37. The zero-order valence-corrected chi connectivity index (χ0v) is 13.2. The molecule has 118 valence electrons. The van der Waals surface area contributed by atoms with Gasteiger partial charge in [0.15, 0.2) is 0 Å². The largest absolute Gasteiger partial charge is 0.325 e. The lowest BCUT2D eigenvalue weighted by Gasteiger charge is -2.20. The van der Waals surface area contributed by atoms with E-state index in [4.69, 9.17) is 0 Å². The molecule has 1 fully saturated rings. The van der Waals surface area contributed by atoms with Crippen LogP contribution in [0.5, 0.6) is 0 Å². The van der Waals surface area contributed by atoms with Gasteiger partial charge >= 0.3 is 6.03 Å². The summed E-state index contributed by atoms with van der Waals surface area (Å²) in [6, 6.07) is 10.1. The third-order valence-corrected chi connectivity index (χ3v) is 4.42. The van der Waals surface area contributed by atoms with E-state index < -0.39 is 23.4 Å². The van der Waals surface area contributed by atoms with Crippen LogP contribution in [0.3, 0.4) is 0 Å². The first-order chi connectivity index (χ1) is 11.0. The minimum Gasteiger partial charge on any atom is -0.325 e. The van der Waals surface area contributed by atoms with Gasteiger partial charge in [-0.25, -0.2) is 4.79 Å². The standard InChI is InChI=1S/C16H15N3O3S/c1-16(11-7-8-23-10-11)14(21)19(15(22)18-16)9-13(20)17-12-5-3-2-4-6-12/h2-8,10H,9H2,1H3,(H,17,20)(H,18,22). The van der Waals surface area contributed by atoms with Gasteiger partial charge in [-0.1, -0.05) is 18.2 Å². The smallest absolute Gasteiger partial charge is 0.325 e. The van der Waals surface area contributed by atoms with E-state index >= 15 is 0 Å². The van der Waals surface area contributed by atoms with Crippen LogP contribution in [0.4, 0.5) is 10.5 Å². The van der Waals surface area contributed by atoms with Gasteiger partial charge in [0.2, 0.25) is 5.91 Å². The highest BCUT2D eigenvalue weighted by molar-refractivity contribution is 7.08. The minimum atomic E-state index is -1.12. The first-order valence-electron chi connectivity index (χ1n) is 7.02. The van der Waals surface area contributed by atoms with Crippen molar-refractivity contribution in [3.63, 3.8) is 0 Å². The number of rotatable bonds is 4. The van der Waals surface area contributed by atoms with Crippen LogP contribution in [0.1, 0.15) is 12.5 Å². The van der Waals surface area contributed by atoms with Crippen molar-refractivity contribution >= 4 is 34.9 Å². The monoisotopic (exact) mass is 329 g/mol. The SMILES string of the molecule is CC1(c2ccsc2)NC(=O)N(CC(=O)Nc2ccccc2)C1=O. The quantitative estimate of drug-likeness (QED) is 0.844. The van der Waals surface area contributed by atoms with E-state index in [2.05, 4.69) is 10.6 Å². The van der Waals surface area contributed by atoms with Crippen molar-refractivity contribution in [2.24, 2.45) is 0 Å². The first-order valence-corrected chi connectivity index (χ1v) is 7.96. The fraction of sp³-hybridized carbons (Fsp3) is 0.188. The minimum absolute atomic E-state index is 0.320. The Bertz CT molecular complexity index is 745. The summed E-state index contributed by atoms with van der Waals surface area (Å²) < 4.78 is 0. The average Bonchev–Trinajstić information content (AvgIpc) is 3.13. The van der Waals surface area contributed by atoms with E-state index in [1.165, 1.54) is 11.3 Å². The van der Waals surface area contributed by atoms with E-state index in [0.717, 1.165) is 4.90 Å². The number of hydrogen-bond acceptors (Lipinski definition) is 4. The summed E-state index contributed by atoms with van der Waals surface area (Å²) in [4.78, 5) is 37.7. The molecule has 0 aliphatic carbocycles. The van der Waals surface area contributed by atoms with Crippen molar-refractivity contribution in [3.8, 4) is 0 Å². The fourth-order valence-corrected chi connectivity index (χ4v) is 3.22. The number of imide groups is 1. The number of carbonyl (C=O) groups is 3. The lowest BCUT2D eigenvalue weighted by Crippen LogP contribution is -2.41. The summed E-state index contributed by atoms with van der Waals surface area (Å²) in [5, 5.41) is 8.98. The molecule has 1 aliphatic rings. The molecule has 0 spiro atoms. The molecule has 2 heterocycles. The lowest BCUT2D eigenvalue weighted by atomic mass is 9.95. The summed E-state index contributed by atoms with van der Waals surface area (Å²) in [5.74, 6) is -0.849. The molecule has 2 N–H and O–H groups in total. The molecule has 3 rings (SSSR count). The van der Waals surface area contributed by atoms with Crippen LogP contribution in [-0.2, 0) is 15.1 Å². The molecule has 7 heteroatoms. The maximum Gasteiger partial charge on any atom is 0.325 e. The van der Waals surface area contributed by atoms with Crippen LogP contribution in [0.15, 0.2) is 47.2 Å². The molecule has 1 unspecified atom stereocenters. The number of hydrogen-bond donors (Lipinski definition) is 2. The molecular weight excluding hydrogens is 314 g/mol. The number of anilines is 1. The highest BCUT2D eigenvalue weighted by atomic mass is 32.1. The summed E-state index contributed by atoms with van der Waals surface area (Å²) in [5.41, 5.74) is 0.210. The van der Waals surface area contributed by atoms with Crippen molar-refractivity contribution < 1.29 is 14.4 Å². The highest BCUT2D eigenvalue weighted by Gasteiger charge is 2.49. The van der Waals surface area contributed by atoms with E-state index in [9.17, 15) is 14.4 Å². The van der Waals surface area contributed by atoms with Gasteiger partial charge in [-0.3, -0.25) is 14.5 Å². The Balaban J connectivity index is 1.72. The third-order valence-electron chi connectivity index (χ3n) is 3.73. The topological polar surface area (TPSA) is 78.5 Å². The molecule has 23 heavy (non-hydrogen) atoms. The molecule has 4 amide bonds. The third kappa shape index (κ3) is 2.83. The predicted octanol–water partition coefficient (Wildman–Crippen LogP) is 2.15. The van der Waals surface area contributed by atoms with Crippen LogP contribution < -0.4 is 10.6 Å². The summed E-state index contributed by atoms with van der Waals surface area (Å²) in [7, 11) is 0. The Morgan fingerprint density at radius 3 is 2.65 bits per heavy atom. The van der Waals surface area contributed by atoms with E-state index in [-0.39, 0.29) is 6.54 Å². The second kappa shape index (κ2) is 5.85. The van der Waals surface area contributed by atoms with Gasteiger partial charge < -0.3 is 10.6 Å². The molecule has 6 nitrogen and oxygen atoms in total. The van der Waals surface area contributed by atoms with Crippen LogP contribution in [0, 0.1) is 0 Å². The van der Waals surface area contributed by atoms with Crippen LogP contribution >= 0.6 is 11.3 Å². The van der Waals surface area contributed by atoms with E-state index in [0.29, 0.717) is 11.3 Å². The average molecular weight is 329 g/mol. The van der Waals surface area contributed by atoms with Crippen molar-refractivity contribution in [1.82, 2.24) is 10.2 Å². The Hall–Kier alpha value is -2.67. The molecule has 1 aromatic carbocycles. The number of nitrogens with one attached hydrogen (secondary N) is 2. The van der Waals surface area contributed by atoms with Crippen molar-refractivity contribution in [2.45, 2.75) is 12.5 Å². The van der Waals surface area contributed by atoms with Gasteiger partial charge in [0, 0.05) is 5.69 Å². The molecular formula is C16H15N3O3S. The molecule has 0 saturated carbocycles. The summed E-state index contributed by atoms with van der Waals surface area (Å²) in [6.45, 7) is 1.32. The van der Waals surface area contributed by atoms with Gasteiger partial charge in [-0.15, -0.1) is 0 Å². The Morgan fingerprint density at radius 1 is 1.26 bits per heavy atom. The molecule has 1 aliphatic heterocycles. The number of thiophene rings is 1. The summed E-state index contributed by atoms with van der Waals surface area (Å²) in [6.07, 6.45) is 0.